The van der Waals surface area contributed by atoms with Crippen LogP contribution in [0.3, 0.4) is 0 Å². The van der Waals surface area contributed by atoms with Crippen molar-refractivity contribution < 1.29 is 14.3 Å². The normalized spacial score (nSPS) is 22.3. The maximum Gasteiger partial charge on any atom is 0.310 e. The molecule has 1 fully saturated rings. The van der Waals surface area contributed by atoms with E-state index in [4.69, 9.17) is 9.47 Å². The number of hydrogen-bond acceptors (Lipinski definition) is 4. The van der Waals surface area contributed by atoms with Gasteiger partial charge in [0.2, 0.25) is 0 Å². The van der Waals surface area contributed by atoms with Crippen LogP contribution in [0, 0.1) is 11.8 Å². The molecule has 88 valence electrons. The van der Waals surface area contributed by atoms with Gasteiger partial charge in [-0.25, -0.2) is 0 Å². The second-order valence-corrected chi connectivity index (χ2v) is 4.50. The van der Waals surface area contributed by atoms with Crippen molar-refractivity contribution in [3.05, 3.63) is 0 Å². The van der Waals surface area contributed by atoms with Crippen LogP contribution in [-0.4, -0.2) is 44.4 Å². The first-order chi connectivity index (χ1) is 7.13. The fourth-order valence-electron chi connectivity index (χ4n) is 1.69. The Balaban J connectivity index is 2.24. The first-order valence-corrected chi connectivity index (χ1v) is 5.51. The summed E-state index contributed by atoms with van der Waals surface area (Å²) in [6, 6.07) is 0. The maximum atomic E-state index is 11.6. The molecule has 0 amide bonds. The SMILES string of the molecule is COCN1CCC(C(=O)OCC(C)C)C1. The zero-order chi connectivity index (χ0) is 11.3. The number of ether oxygens (including phenoxy) is 2. The summed E-state index contributed by atoms with van der Waals surface area (Å²) in [4.78, 5) is 13.7. The summed E-state index contributed by atoms with van der Waals surface area (Å²) in [5.74, 6) is 0.395. The number of hydrogen-bond donors (Lipinski definition) is 0. The van der Waals surface area contributed by atoms with Crippen LogP contribution >= 0.6 is 0 Å². The Morgan fingerprint density at radius 3 is 2.87 bits per heavy atom. The van der Waals surface area contributed by atoms with Crippen molar-refractivity contribution in [1.82, 2.24) is 4.90 Å². The largest absolute Gasteiger partial charge is 0.465 e. The molecule has 0 radical (unpaired) electrons. The molecular weight excluding hydrogens is 194 g/mol. The van der Waals surface area contributed by atoms with E-state index in [9.17, 15) is 4.79 Å². The molecular formula is C11H21NO3. The molecule has 1 atom stereocenters. The van der Waals surface area contributed by atoms with Crippen molar-refractivity contribution in [2.75, 3.05) is 33.5 Å². The van der Waals surface area contributed by atoms with Crippen LogP contribution in [0.25, 0.3) is 0 Å². The zero-order valence-electron chi connectivity index (χ0n) is 9.86. The minimum Gasteiger partial charge on any atom is -0.465 e. The van der Waals surface area contributed by atoms with Gasteiger partial charge in [0.1, 0.15) is 0 Å². The van der Waals surface area contributed by atoms with Gasteiger partial charge in [-0.3, -0.25) is 9.69 Å². The van der Waals surface area contributed by atoms with Crippen molar-refractivity contribution in [1.29, 1.82) is 0 Å². The van der Waals surface area contributed by atoms with Crippen LogP contribution in [0.4, 0.5) is 0 Å². The number of carbonyl (C=O) groups excluding carboxylic acids is 1. The van der Waals surface area contributed by atoms with Crippen LogP contribution in [0.1, 0.15) is 20.3 Å². The first kappa shape index (κ1) is 12.5. The third kappa shape index (κ3) is 4.18. The summed E-state index contributed by atoms with van der Waals surface area (Å²) in [7, 11) is 1.67. The molecule has 1 aliphatic heterocycles. The Morgan fingerprint density at radius 2 is 2.27 bits per heavy atom. The van der Waals surface area contributed by atoms with Gasteiger partial charge in [0.05, 0.1) is 19.3 Å². The highest BCUT2D eigenvalue weighted by Gasteiger charge is 2.29. The number of esters is 1. The lowest BCUT2D eigenvalue weighted by Gasteiger charge is -2.14. The number of rotatable bonds is 5. The third-order valence-electron chi connectivity index (χ3n) is 2.48. The molecule has 1 aliphatic rings. The molecule has 4 heteroatoms. The quantitative estimate of drug-likeness (QED) is 0.644. The second kappa shape index (κ2) is 6.08. The van der Waals surface area contributed by atoms with Gasteiger partial charge in [0.25, 0.3) is 0 Å². The van der Waals surface area contributed by atoms with Gasteiger partial charge in [0, 0.05) is 20.2 Å². The van der Waals surface area contributed by atoms with Crippen molar-refractivity contribution in [3.8, 4) is 0 Å². The predicted molar refractivity (Wildman–Crippen MR) is 57.4 cm³/mol. The maximum absolute atomic E-state index is 11.6. The summed E-state index contributed by atoms with van der Waals surface area (Å²) in [6.07, 6.45) is 0.889. The summed E-state index contributed by atoms with van der Waals surface area (Å²) in [6.45, 7) is 6.91. The Bertz CT molecular complexity index is 206. The number of methoxy groups -OCH3 is 1. The van der Waals surface area contributed by atoms with Gasteiger partial charge < -0.3 is 9.47 Å². The molecule has 0 aliphatic carbocycles. The van der Waals surface area contributed by atoms with E-state index in [2.05, 4.69) is 4.90 Å². The van der Waals surface area contributed by atoms with Gasteiger partial charge in [-0.1, -0.05) is 13.8 Å². The van der Waals surface area contributed by atoms with E-state index >= 15 is 0 Å². The van der Waals surface area contributed by atoms with Crippen LogP contribution < -0.4 is 0 Å². The average Bonchev–Trinajstić information content (AvgIpc) is 2.63. The molecule has 4 nitrogen and oxygen atoms in total. The van der Waals surface area contributed by atoms with Crippen LogP contribution in [-0.2, 0) is 14.3 Å². The second-order valence-electron chi connectivity index (χ2n) is 4.50. The molecule has 1 rings (SSSR count). The third-order valence-corrected chi connectivity index (χ3v) is 2.48. The monoisotopic (exact) mass is 215 g/mol. The van der Waals surface area contributed by atoms with Gasteiger partial charge in [-0.05, 0) is 12.3 Å². The predicted octanol–water partition coefficient (Wildman–Crippen LogP) is 1.11. The van der Waals surface area contributed by atoms with Crippen LogP contribution in [0.2, 0.25) is 0 Å². The molecule has 0 aromatic rings. The van der Waals surface area contributed by atoms with Crippen molar-refractivity contribution in [3.63, 3.8) is 0 Å². The lowest BCUT2D eigenvalue weighted by Crippen LogP contribution is -2.26. The van der Waals surface area contributed by atoms with E-state index in [0.717, 1.165) is 19.5 Å². The smallest absolute Gasteiger partial charge is 0.310 e. The van der Waals surface area contributed by atoms with E-state index < -0.39 is 0 Å². The molecule has 1 heterocycles. The molecule has 0 saturated carbocycles. The minimum absolute atomic E-state index is 0.0406. The molecule has 0 bridgehead atoms. The molecule has 0 aromatic heterocycles. The summed E-state index contributed by atoms with van der Waals surface area (Å²) in [5.41, 5.74) is 0. The Morgan fingerprint density at radius 1 is 1.53 bits per heavy atom. The minimum atomic E-state index is -0.0534. The molecule has 0 N–H and O–H groups in total. The van der Waals surface area contributed by atoms with E-state index in [0.29, 0.717) is 19.3 Å². The summed E-state index contributed by atoms with van der Waals surface area (Å²) in [5, 5.41) is 0. The molecule has 0 aromatic carbocycles. The highest BCUT2D eigenvalue weighted by molar-refractivity contribution is 5.73. The lowest BCUT2D eigenvalue weighted by molar-refractivity contribution is -0.149. The summed E-state index contributed by atoms with van der Waals surface area (Å²) < 4.78 is 10.2. The van der Waals surface area contributed by atoms with Crippen LogP contribution in [0.5, 0.6) is 0 Å². The lowest BCUT2D eigenvalue weighted by atomic mass is 10.1. The van der Waals surface area contributed by atoms with Gasteiger partial charge >= 0.3 is 5.97 Å². The van der Waals surface area contributed by atoms with Crippen molar-refractivity contribution >= 4 is 5.97 Å². The van der Waals surface area contributed by atoms with Gasteiger partial charge in [-0.2, -0.15) is 0 Å². The van der Waals surface area contributed by atoms with Crippen molar-refractivity contribution in [2.45, 2.75) is 20.3 Å². The Hall–Kier alpha value is -0.610. The van der Waals surface area contributed by atoms with E-state index in [-0.39, 0.29) is 11.9 Å². The van der Waals surface area contributed by atoms with Crippen LogP contribution in [0.15, 0.2) is 0 Å². The fourth-order valence-corrected chi connectivity index (χ4v) is 1.69. The highest BCUT2D eigenvalue weighted by Crippen LogP contribution is 2.17. The van der Waals surface area contributed by atoms with E-state index in [1.54, 1.807) is 7.11 Å². The van der Waals surface area contributed by atoms with E-state index in [1.807, 2.05) is 13.8 Å². The standard InChI is InChI=1S/C11H21NO3/c1-9(2)7-15-11(13)10-4-5-12(6-10)8-14-3/h9-10H,4-8H2,1-3H3. The first-order valence-electron chi connectivity index (χ1n) is 5.51. The Labute approximate surface area is 91.5 Å². The van der Waals surface area contributed by atoms with Crippen molar-refractivity contribution in [2.24, 2.45) is 11.8 Å². The zero-order valence-corrected chi connectivity index (χ0v) is 9.86. The van der Waals surface area contributed by atoms with E-state index in [1.165, 1.54) is 0 Å². The number of likely N-dealkylation sites (tertiary alicyclic amines) is 1. The number of carbonyl (C=O) groups is 1. The Kier molecular flexibility index (Phi) is 5.05. The molecule has 15 heavy (non-hydrogen) atoms. The molecule has 1 unspecified atom stereocenters. The van der Waals surface area contributed by atoms with Gasteiger partial charge in [-0.15, -0.1) is 0 Å². The van der Waals surface area contributed by atoms with Gasteiger partial charge in [0.15, 0.2) is 0 Å². The molecule has 0 spiro atoms. The summed E-state index contributed by atoms with van der Waals surface area (Å²) >= 11 is 0. The topological polar surface area (TPSA) is 38.8 Å². The average molecular weight is 215 g/mol. The number of nitrogens with zero attached hydrogens (tertiary/aromatic N) is 1. The highest BCUT2D eigenvalue weighted by atomic mass is 16.5. The molecule has 1 saturated heterocycles. The fraction of sp³-hybridized carbons (Fsp3) is 0.909.